The Balaban J connectivity index is 1.41. The van der Waals surface area contributed by atoms with Gasteiger partial charge >= 0.3 is 0 Å². The van der Waals surface area contributed by atoms with E-state index in [1.54, 1.807) is 7.11 Å². The average Bonchev–Trinajstić information content (AvgIpc) is 3.22. The van der Waals surface area contributed by atoms with Crippen LogP contribution in [0.1, 0.15) is 24.8 Å². The van der Waals surface area contributed by atoms with Gasteiger partial charge in [0.2, 0.25) is 5.95 Å². The fourth-order valence-electron chi connectivity index (χ4n) is 3.30. The maximum atomic E-state index is 6.17. The number of nitrogens with zero attached hydrogens (tertiary/aromatic N) is 3. The Hall–Kier alpha value is -2.01. The molecule has 0 bridgehead atoms. The quantitative estimate of drug-likeness (QED) is 0.895. The smallest absolute Gasteiger partial charge is 0.227 e. The number of ether oxygens (including phenoxy) is 1. The minimum atomic E-state index is 0.576. The fraction of sp³-hybridized carbons (Fsp3) is 0.444. The van der Waals surface area contributed by atoms with Crippen LogP contribution in [0.25, 0.3) is 0 Å². The first-order chi connectivity index (χ1) is 11.7. The zero-order chi connectivity index (χ0) is 16.6. The normalized spacial score (nSPS) is 18.0. The van der Waals surface area contributed by atoms with Gasteiger partial charge in [-0.05, 0) is 48.4 Å². The second kappa shape index (κ2) is 6.13. The summed E-state index contributed by atoms with van der Waals surface area (Å²) in [5.74, 6) is 2.35. The highest BCUT2D eigenvalue weighted by atomic mass is 35.5. The molecule has 2 heterocycles. The van der Waals surface area contributed by atoms with E-state index in [9.17, 15) is 0 Å². The van der Waals surface area contributed by atoms with Crippen molar-refractivity contribution in [3.8, 4) is 5.75 Å². The van der Waals surface area contributed by atoms with Crippen molar-refractivity contribution in [1.29, 1.82) is 0 Å². The highest BCUT2D eigenvalue weighted by molar-refractivity contribution is 6.32. The lowest BCUT2D eigenvalue weighted by Crippen LogP contribution is -2.22. The van der Waals surface area contributed by atoms with E-state index in [0.29, 0.717) is 22.7 Å². The topological polar surface area (TPSA) is 50.3 Å². The molecule has 1 spiro atoms. The van der Waals surface area contributed by atoms with Crippen LogP contribution in [0.5, 0.6) is 5.75 Å². The van der Waals surface area contributed by atoms with E-state index in [-0.39, 0.29) is 0 Å². The van der Waals surface area contributed by atoms with Gasteiger partial charge < -0.3 is 15.0 Å². The van der Waals surface area contributed by atoms with Crippen LogP contribution < -0.4 is 15.0 Å². The Kier molecular flexibility index (Phi) is 3.96. The van der Waals surface area contributed by atoms with Crippen LogP contribution in [0.2, 0.25) is 5.02 Å². The lowest BCUT2D eigenvalue weighted by Gasteiger charge is -2.17. The molecule has 1 aliphatic heterocycles. The third-order valence-electron chi connectivity index (χ3n) is 5.01. The van der Waals surface area contributed by atoms with Crippen molar-refractivity contribution in [2.75, 3.05) is 30.4 Å². The van der Waals surface area contributed by atoms with Gasteiger partial charge in [-0.3, -0.25) is 0 Å². The van der Waals surface area contributed by atoms with Gasteiger partial charge in [0.05, 0.1) is 12.1 Å². The first-order valence-electron chi connectivity index (χ1n) is 8.32. The van der Waals surface area contributed by atoms with E-state index < -0.39 is 0 Å². The van der Waals surface area contributed by atoms with Crippen LogP contribution in [0, 0.1) is 5.41 Å². The van der Waals surface area contributed by atoms with Gasteiger partial charge in [-0.15, -0.1) is 0 Å². The number of aromatic nitrogens is 2. The van der Waals surface area contributed by atoms with Gasteiger partial charge in [0.25, 0.3) is 0 Å². The van der Waals surface area contributed by atoms with Crippen molar-refractivity contribution in [1.82, 2.24) is 9.97 Å². The number of nitrogens with one attached hydrogen (secondary N) is 1. The highest BCUT2D eigenvalue weighted by Crippen LogP contribution is 2.53. The van der Waals surface area contributed by atoms with E-state index in [2.05, 4.69) is 20.2 Å². The Morgan fingerprint density at radius 3 is 2.88 bits per heavy atom. The molecule has 1 aliphatic carbocycles. The molecule has 0 unspecified atom stereocenters. The standard InChI is InChI=1S/C18H21ClN4O/c1-24-15-3-2-13(10-14(15)19)11-21-16-4-8-20-17(22-16)23-9-7-18(12-23)5-6-18/h2-4,8,10H,5-7,9,11-12H2,1H3,(H,20,21,22). The fourth-order valence-corrected chi connectivity index (χ4v) is 3.58. The third kappa shape index (κ3) is 3.13. The number of anilines is 2. The molecule has 0 radical (unpaired) electrons. The lowest BCUT2D eigenvalue weighted by atomic mass is 10.1. The molecule has 1 aromatic heterocycles. The van der Waals surface area contributed by atoms with Gasteiger partial charge in [-0.25, -0.2) is 4.98 Å². The first-order valence-corrected chi connectivity index (χ1v) is 8.70. The molecule has 1 saturated carbocycles. The van der Waals surface area contributed by atoms with Crippen molar-refractivity contribution in [2.45, 2.75) is 25.8 Å². The molecule has 1 N–H and O–H groups in total. The van der Waals surface area contributed by atoms with Crippen LogP contribution in [-0.2, 0) is 6.54 Å². The molecule has 2 aromatic rings. The summed E-state index contributed by atoms with van der Waals surface area (Å²) in [5, 5.41) is 3.97. The molecule has 2 fully saturated rings. The second-order valence-electron chi connectivity index (χ2n) is 6.74. The largest absolute Gasteiger partial charge is 0.495 e. The molecule has 4 rings (SSSR count). The summed E-state index contributed by atoms with van der Waals surface area (Å²) in [6, 6.07) is 7.69. The monoisotopic (exact) mass is 344 g/mol. The molecule has 1 aromatic carbocycles. The molecule has 6 heteroatoms. The van der Waals surface area contributed by atoms with Crippen LogP contribution in [0.4, 0.5) is 11.8 Å². The zero-order valence-electron chi connectivity index (χ0n) is 13.8. The van der Waals surface area contributed by atoms with Crippen molar-refractivity contribution in [2.24, 2.45) is 5.41 Å². The summed E-state index contributed by atoms with van der Waals surface area (Å²) < 4.78 is 5.18. The van der Waals surface area contributed by atoms with Crippen molar-refractivity contribution in [3.05, 3.63) is 41.0 Å². The van der Waals surface area contributed by atoms with Crippen LogP contribution >= 0.6 is 11.6 Å². The molecule has 24 heavy (non-hydrogen) atoms. The molecule has 2 aliphatic rings. The average molecular weight is 345 g/mol. The van der Waals surface area contributed by atoms with Crippen LogP contribution in [0.15, 0.2) is 30.5 Å². The third-order valence-corrected chi connectivity index (χ3v) is 5.31. The Morgan fingerprint density at radius 2 is 2.17 bits per heavy atom. The Bertz CT molecular complexity index is 748. The number of benzene rings is 1. The second-order valence-corrected chi connectivity index (χ2v) is 7.14. The predicted octanol–water partition coefficient (Wildman–Crippen LogP) is 3.74. The molecule has 1 saturated heterocycles. The summed E-state index contributed by atoms with van der Waals surface area (Å²) in [7, 11) is 1.62. The number of halogens is 1. The molecule has 0 amide bonds. The van der Waals surface area contributed by atoms with Crippen molar-refractivity contribution >= 4 is 23.4 Å². The predicted molar refractivity (Wildman–Crippen MR) is 95.9 cm³/mol. The summed E-state index contributed by atoms with van der Waals surface area (Å²) in [6.45, 7) is 2.83. The number of hydrogen-bond acceptors (Lipinski definition) is 5. The summed E-state index contributed by atoms with van der Waals surface area (Å²) in [6.07, 6.45) is 5.82. The van der Waals surface area contributed by atoms with Gasteiger partial charge in [-0.1, -0.05) is 17.7 Å². The Labute approximate surface area is 147 Å². The molecular weight excluding hydrogens is 324 g/mol. The van der Waals surface area contributed by atoms with E-state index in [1.807, 2.05) is 30.5 Å². The Morgan fingerprint density at radius 1 is 1.29 bits per heavy atom. The number of hydrogen-bond donors (Lipinski definition) is 1. The summed E-state index contributed by atoms with van der Waals surface area (Å²) in [5.41, 5.74) is 1.66. The molecule has 126 valence electrons. The molecular formula is C18H21ClN4O. The number of rotatable bonds is 5. The van der Waals surface area contributed by atoms with E-state index in [4.69, 9.17) is 16.3 Å². The number of methoxy groups -OCH3 is 1. The zero-order valence-corrected chi connectivity index (χ0v) is 14.5. The highest BCUT2D eigenvalue weighted by Gasteiger charge is 2.48. The van der Waals surface area contributed by atoms with Gasteiger partial charge in [0, 0.05) is 25.8 Å². The van der Waals surface area contributed by atoms with Crippen molar-refractivity contribution < 1.29 is 4.74 Å². The summed E-state index contributed by atoms with van der Waals surface area (Å²) >= 11 is 6.17. The maximum Gasteiger partial charge on any atom is 0.227 e. The van der Waals surface area contributed by atoms with E-state index >= 15 is 0 Å². The SMILES string of the molecule is COc1ccc(CNc2ccnc(N3CCC4(CC4)C3)n2)cc1Cl. The van der Waals surface area contributed by atoms with Crippen LogP contribution in [-0.4, -0.2) is 30.2 Å². The lowest BCUT2D eigenvalue weighted by molar-refractivity contribution is 0.415. The van der Waals surface area contributed by atoms with E-state index in [1.165, 1.54) is 19.3 Å². The van der Waals surface area contributed by atoms with Gasteiger partial charge in [0.15, 0.2) is 0 Å². The van der Waals surface area contributed by atoms with Gasteiger partial charge in [0.1, 0.15) is 11.6 Å². The van der Waals surface area contributed by atoms with Crippen molar-refractivity contribution in [3.63, 3.8) is 0 Å². The minimum absolute atomic E-state index is 0.576. The maximum absolute atomic E-state index is 6.17. The molecule has 0 atom stereocenters. The first kappa shape index (κ1) is 15.5. The summed E-state index contributed by atoms with van der Waals surface area (Å²) in [4.78, 5) is 11.4. The van der Waals surface area contributed by atoms with Gasteiger partial charge in [-0.2, -0.15) is 4.98 Å². The molecule has 5 nitrogen and oxygen atoms in total. The van der Waals surface area contributed by atoms with E-state index in [0.717, 1.165) is 30.4 Å². The minimum Gasteiger partial charge on any atom is -0.495 e. The van der Waals surface area contributed by atoms with Crippen LogP contribution in [0.3, 0.4) is 0 Å².